The average Bonchev–Trinajstić information content (AvgIpc) is 3.30. The van der Waals surface area contributed by atoms with Crippen molar-refractivity contribution in [1.82, 2.24) is 0 Å². The number of carboxylic acid groups (broad SMARTS) is 3. The van der Waals surface area contributed by atoms with Gasteiger partial charge in [-0.25, -0.2) is 0 Å². The second-order valence-corrected chi connectivity index (χ2v) is 18.2. The summed E-state index contributed by atoms with van der Waals surface area (Å²) < 4.78 is 0. The van der Waals surface area contributed by atoms with Crippen LogP contribution in [0.3, 0.4) is 0 Å². The first-order valence-electron chi connectivity index (χ1n) is 27.6. The summed E-state index contributed by atoms with van der Waals surface area (Å²) >= 11 is 0. The highest BCUT2D eigenvalue weighted by Gasteiger charge is 1.99. The van der Waals surface area contributed by atoms with Crippen LogP contribution in [0.2, 0.25) is 0 Å². The van der Waals surface area contributed by atoms with Gasteiger partial charge in [0.05, 0.1) is 13.2 Å². The highest BCUT2D eigenvalue weighted by atomic mass is 16.6. The molecule has 0 aromatic heterocycles. The highest BCUT2D eigenvalue weighted by Crippen LogP contribution is 2.13. The van der Waals surface area contributed by atoms with Crippen molar-refractivity contribution >= 4 is 17.9 Å². The quantitative estimate of drug-likeness (QED) is 0.0256. The number of aliphatic carboxylic acids is 3. The molecule has 0 aromatic rings. The summed E-state index contributed by atoms with van der Waals surface area (Å²) in [6, 6.07) is 0. The Kier molecular flexibility index (Phi) is 70.9. The summed E-state index contributed by atoms with van der Waals surface area (Å²) in [4.78, 5) is 31.0. The van der Waals surface area contributed by atoms with E-state index < -0.39 is 24.0 Å². The Bertz CT molecular complexity index is 903. The van der Waals surface area contributed by atoms with Crippen LogP contribution in [-0.2, 0) is 14.4 Å². The van der Waals surface area contributed by atoms with Gasteiger partial charge in [-0.2, -0.15) is 0 Å². The van der Waals surface area contributed by atoms with Gasteiger partial charge in [0.15, 0.2) is 0 Å². The third kappa shape index (κ3) is 81.7. The Morgan fingerprint density at radius 2 is 0.470 bits per heavy atom. The van der Waals surface area contributed by atoms with Gasteiger partial charge >= 0.3 is 17.9 Å². The molecule has 0 radical (unpaired) electrons. The number of hydrogen-bond donors (Lipinski definition) is 6. The van der Waals surface area contributed by atoms with Crippen LogP contribution in [0.5, 0.6) is 0 Å². The number of allylic oxidation sites excluding steroid dienone is 6. The molecule has 0 fully saturated rings. The minimum absolute atomic E-state index is 0.332. The zero-order chi connectivity index (χ0) is 49.7. The molecular formula is C57H110O9. The van der Waals surface area contributed by atoms with E-state index >= 15 is 0 Å². The molecule has 66 heavy (non-hydrogen) atoms. The lowest BCUT2D eigenvalue weighted by Crippen LogP contribution is -2.15. The number of aliphatic hydroxyl groups excluding tert-OH is 3. The van der Waals surface area contributed by atoms with Gasteiger partial charge < -0.3 is 30.6 Å². The summed E-state index contributed by atoms with van der Waals surface area (Å²) in [6.07, 6.45) is 62.8. The van der Waals surface area contributed by atoms with Crippen molar-refractivity contribution < 1.29 is 45.0 Å². The molecule has 0 aliphatic rings. The first-order valence-corrected chi connectivity index (χ1v) is 27.6. The average molecular weight is 945 g/mol. The Morgan fingerprint density at radius 3 is 0.621 bits per heavy atom. The van der Waals surface area contributed by atoms with Crippen LogP contribution in [-0.4, -0.2) is 67.9 Å². The molecule has 9 nitrogen and oxygen atoms in total. The first-order chi connectivity index (χ1) is 32.1. The van der Waals surface area contributed by atoms with E-state index in [0.29, 0.717) is 19.3 Å². The van der Waals surface area contributed by atoms with Crippen molar-refractivity contribution in [1.29, 1.82) is 0 Å². The fourth-order valence-corrected chi connectivity index (χ4v) is 7.10. The predicted octanol–water partition coefficient (Wildman–Crippen LogP) is 16.7. The Balaban J connectivity index is -0.000000410. The van der Waals surface area contributed by atoms with Gasteiger partial charge in [0.25, 0.3) is 0 Å². The smallest absolute Gasteiger partial charge is 0.303 e. The van der Waals surface area contributed by atoms with Crippen molar-refractivity contribution in [3.8, 4) is 0 Å². The van der Waals surface area contributed by atoms with E-state index in [4.69, 9.17) is 30.6 Å². The molecule has 392 valence electrons. The van der Waals surface area contributed by atoms with Crippen LogP contribution in [0.25, 0.3) is 0 Å². The van der Waals surface area contributed by atoms with Crippen molar-refractivity contribution in [3.63, 3.8) is 0 Å². The lowest BCUT2D eigenvalue weighted by Gasteiger charge is -1.99. The fraction of sp³-hybridized carbons (Fsp3) is 0.842. The van der Waals surface area contributed by atoms with Gasteiger partial charge in [-0.1, -0.05) is 211 Å². The van der Waals surface area contributed by atoms with E-state index in [2.05, 4.69) is 57.2 Å². The van der Waals surface area contributed by atoms with Crippen LogP contribution in [0, 0.1) is 0 Å². The molecule has 0 amide bonds. The van der Waals surface area contributed by atoms with E-state index in [1.54, 1.807) is 0 Å². The minimum Gasteiger partial charge on any atom is -0.481 e. The zero-order valence-electron chi connectivity index (χ0n) is 43.6. The Morgan fingerprint density at radius 1 is 0.303 bits per heavy atom. The molecule has 0 bridgehead atoms. The van der Waals surface area contributed by atoms with Gasteiger partial charge in [-0.15, -0.1) is 0 Å². The van der Waals surface area contributed by atoms with Crippen molar-refractivity contribution in [2.24, 2.45) is 0 Å². The number of carboxylic acids is 3. The van der Waals surface area contributed by atoms with Gasteiger partial charge in [0, 0.05) is 19.3 Å². The zero-order valence-corrected chi connectivity index (χ0v) is 43.6. The molecule has 0 aliphatic heterocycles. The molecule has 0 atom stereocenters. The maximum atomic E-state index is 10.3. The summed E-state index contributed by atoms with van der Waals surface area (Å²) in [7, 11) is 0. The molecule has 0 unspecified atom stereocenters. The van der Waals surface area contributed by atoms with Crippen LogP contribution >= 0.6 is 0 Å². The number of rotatable bonds is 47. The molecule has 0 rings (SSSR count). The molecule has 0 aliphatic carbocycles. The van der Waals surface area contributed by atoms with Crippen molar-refractivity contribution in [3.05, 3.63) is 36.5 Å². The van der Waals surface area contributed by atoms with E-state index in [0.717, 1.165) is 38.5 Å². The topological polar surface area (TPSA) is 173 Å². The largest absolute Gasteiger partial charge is 0.481 e. The highest BCUT2D eigenvalue weighted by molar-refractivity contribution is 5.67. The molecule has 0 spiro atoms. The van der Waals surface area contributed by atoms with Crippen LogP contribution in [0.1, 0.15) is 290 Å². The van der Waals surface area contributed by atoms with Crippen LogP contribution in [0.15, 0.2) is 36.5 Å². The third-order valence-corrected chi connectivity index (χ3v) is 11.4. The molecule has 0 heterocycles. The lowest BCUT2D eigenvalue weighted by molar-refractivity contribution is -0.138. The number of aliphatic hydroxyl groups is 3. The summed E-state index contributed by atoms with van der Waals surface area (Å²) in [5, 5.41) is 49.5. The summed E-state index contributed by atoms with van der Waals surface area (Å²) in [5.74, 6) is -1.99. The Hall–Kier alpha value is -2.49. The predicted molar refractivity (Wildman–Crippen MR) is 281 cm³/mol. The third-order valence-electron chi connectivity index (χ3n) is 11.4. The minimum atomic E-state index is -0.954. The van der Waals surface area contributed by atoms with E-state index in [-0.39, 0.29) is 13.2 Å². The van der Waals surface area contributed by atoms with E-state index in [1.807, 2.05) is 0 Å². The first kappa shape index (κ1) is 70.1. The van der Waals surface area contributed by atoms with E-state index in [9.17, 15) is 14.4 Å². The maximum absolute atomic E-state index is 10.3. The van der Waals surface area contributed by atoms with Crippen molar-refractivity contribution in [2.45, 2.75) is 297 Å². The normalized spacial score (nSPS) is 11.1. The second kappa shape index (κ2) is 66.8. The van der Waals surface area contributed by atoms with Crippen molar-refractivity contribution in [2.75, 3.05) is 13.2 Å². The van der Waals surface area contributed by atoms with Gasteiger partial charge in [-0.3, -0.25) is 14.4 Å². The summed E-state index contributed by atoms with van der Waals surface area (Å²) in [6.45, 7) is 6.05. The van der Waals surface area contributed by atoms with Gasteiger partial charge in [0.1, 0.15) is 6.10 Å². The molecule has 6 N–H and O–H groups in total. The lowest BCUT2D eigenvalue weighted by atomic mass is 10.1. The molecule has 0 saturated heterocycles. The SMILES string of the molecule is CCCCCCCC/C=C\CCCCCCC[14C](=O)O.CCCCCCCC/C=C\CCCCCCC[14C](=O)O.CCCCCCCC/C=C\CCCCCCC[14C](=O)O.OCC(O)CO. The van der Waals surface area contributed by atoms with E-state index in [1.165, 1.54) is 212 Å². The number of hydrogen-bond acceptors (Lipinski definition) is 6. The standard InChI is InChI=1S/3C18H34O2.C3H8O3/c3*1-2-3-4-5-6-7-8-9-10-11-12-13-14-15-16-17-18(19)20;4-1-3(6)2-5/h3*9-10H,2-8,11-17H2,1H3,(H,19,20);3-6H,1-2H2/b3*10-9-;/i3*18+2;. The Labute approximate surface area is 407 Å². The summed E-state index contributed by atoms with van der Waals surface area (Å²) in [5.41, 5.74) is 0. The molecule has 0 saturated carbocycles. The van der Waals surface area contributed by atoms with Crippen LogP contribution < -0.4 is 0 Å². The number of carbonyl (C=O) groups is 3. The van der Waals surface area contributed by atoms with Crippen LogP contribution in [0.4, 0.5) is 0 Å². The monoisotopic (exact) mass is 945 g/mol. The molecule has 9 heteroatoms. The van der Waals surface area contributed by atoms with Gasteiger partial charge in [-0.05, 0) is 96.3 Å². The second-order valence-electron chi connectivity index (χ2n) is 18.2. The molecular weight excluding hydrogens is 835 g/mol. The molecule has 0 aromatic carbocycles. The van der Waals surface area contributed by atoms with Gasteiger partial charge in [0.2, 0.25) is 0 Å². The maximum Gasteiger partial charge on any atom is 0.303 e. The fourth-order valence-electron chi connectivity index (χ4n) is 7.10. The number of unbranched alkanes of at least 4 members (excludes halogenated alkanes) is 33.